The number of pyridine rings is 1. The fourth-order valence-electron chi connectivity index (χ4n) is 3.43. The Morgan fingerprint density at radius 1 is 1.38 bits per heavy atom. The van der Waals surface area contributed by atoms with Gasteiger partial charge in [0.2, 0.25) is 0 Å². The van der Waals surface area contributed by atoms with Crippen LogP contribution in [-0.4, -0.2) is 47.4 Å². The van der Waals surface area contributed by atoms with Crippen molar-refractivity contribution < 1.29 is 14.0 Å². The van der Waals surface area contributed by atoms with E-state index in [9.17, 15) is 9.59 Å². The molecule has 2 amide bonds. The summed E-state index contributed by atoms with van der Waals surface area (Å²) in [5, 5.41) is 3.78. The molecule has 24 heavy (non-hydrogen) atoms. The molecule has 0 aliphatic carbocycles. The van der Waals surface area contributed by atoms with Crippen LogP contribution in [0.1, 0.15) is 22.7 Å². The molecule has 4 rings (SSSR count). The van der Waals surface area contributed by atoms with Crippen molar-refractivity contribution in [1.29, 1.82) is 0 Å². The van der Waals surface area contributed by atoms with E-state index in [1.54, 1.807) is 18.3 Å². The number of rotatable bonds is 2. The molecule has 7 nitrogen and oxygen atoms in total. The van der Waals surface area contributed by atoms with Gasteiger partial charge in [-0.05, 0) is 24.8 Å². The van der Waals surface area contributed by atoms with Crippen LogP contribution in [0.25, 0.3) is 11.0 Å². The molecule has 7 heteroatoms. The van der Waals surface area contributed by atoms with Crippen LogP contribution in [0.5, 0.6) is 0 Å². The third-order valence-corrected chi connectivity index (χ3v) is 4.59. The van der Waals surface area contributed by atoms with E-state index in [4.69, 9.17) is 10.2 Å². The summed E-state index contributed by atoms with van der Waals surface area (Å²) >= 11 is 0. The summed E-state index contributed by atoms with van der Waals surface area (Å²) in [5.74, 6) is 4.67. The zero-order valence-electron chi connectivity index (χ0n) is 12.9. The quantitative estimate of drug-likeness (QED) is 0.763. The number of nitrogens with one attached hydrogen (secondary N) is 1. The van der Waals surface area contributed by atoms with E-state index in [-0.39, 0.29) is 11.9 Å². The average molecular weight is 324 g/mol. The number of amides is 2. The third-order valence-electron chi connectivity index (χ3n) is 4.59. The number of fused-ring (bicyclic) bond motifs is 3. The van der Waals surface area contributed by atoms with Crippen molar-refractivity contribution in [3.8, 4) is 11.8 Å². The Kier molecular flexibility index (Phi) is 3.47. The molecule has 2 saturated heterocycles. The molecule has 2 bridgehead atoms. The van der Waals surface area contributed by atoms with Gasteiger partial charge in [-0.3, -0.25) is 14.6 Å². The lowest BCUT2D eigenvalue weighted by Gasteiger charge is -2.22. The molecule has 0 spiro atoms. The van der Waals surface area contributed by atoms with E-state index in [1.807, 2.05) is 0 Å². The number of nitrogens with two attached hydrogens (primary N) is 1. The van der Waals surface area contributed by atoms with Gasteiger partial charge in [0, 0.05) is 48.8 Å². The van der Waals surface area contributed by atoms with E-state index >= 15 is 0 Å². The van der Waals surface area contributed by atoms with Gasteiger partial charge in [-0.2, -0.15) is 0 Å². The lowest BCUT2D eigenvalue weighted by molar-refractivity contribution is -0.112. The van der Waals surface area contributed by atoms with Crippen LogP contribution in [0.3, 0.4) is 0 Å². The minimum atomic E-state index is -0.727. The Labute approximate surface area is 138 Å². The van der Waals surface area contributed by atoms with Crippen LogP contribution in [0.4, 0.5) is 0 Å². The summed E-state index contributed by atoms with van der Waals surface area (Å²) in [6.07, 6.45) is 2.70. The summed E-state index contributed by atoms with van der Waals surface area (Å²) in [7, 11) is 0. The molecule has 0 saturated carbocycles. The molecule has 2 fully saturated rings. The number of nitrogens with zero attached hydrogens (tertiary/aromatic N) is 2. The summed E-state index contributed by atoms with van der Waals surface area (Å²) in [4.78, 5) is 29.7. The predicted molar refractivity (Wildman–Crippen MR) is 85.9 cm³/mol. The van der Waals surface area contributed by atoms with E-state index in [0.29, 0.717) is 28.3 Å². The number of hydrogen-bond donors (Lipinski definition) is 2. The highest BCUT2D eigenvalue weighted by Crippen LogP contribution is 2.28. The first kappa shape index (κ1) is 14.7. The second kappa shape index (κ2) is 5.65. The monoisotopic (exact) mass is 324 g/mol. The van der Waals surface area contributed by atoms with Crippen LogP contribution in [0.2, 0.25) is 0 Å². The minimum Gasteiger partial charge on any atom is -0.448 e. The molecule has 2 unspecified atom stereocenters. The second-order valence-corrected chi connectivity index (χ2v) is 6.22. The summed E-state index contributed by atoms with van der Waals surface area (Å²) < 4.78 is 5.52. The van der Waals surface area contributed by atoms with Gasteiger partial charge in [-0.25, -0.2) is 0 Å². The number of aromatic nitrogens is 1. The maximum absolute atomic E-state index is 12.4. The van der Waals surface area contributed by atoms with Gasteiger partial charge in [-0.15, -0.1) is 0 Å². The SMILES string of the molecule is NC(=O)C#Cc1cc2cnc(C(=O)NC3CN4CC[C@H]3C4)cc2o1. The number of primary amides is 1. The second-order valence-electron chi connectivity index (χ2n) is 6.22. The highest BCUT2D eigenvalue weighted by atomic mass is 16.3. The zero-order valence-corrected chi connectivity index (χ0v) is 12.9. The van der Waals surface area contributed by atoms with Gasteiger partial charge in [0.15, 0.2) is 5.76 Å². The van der Waals surface area contributed by atoms with E-state index in [1.165, 1.54) is 0 Å². The van der Waals surface area contributed by atoms with Crippen LogP contribution in [0.15, 0.2) is 22.7 Å². The largest absolute Gasteiger partial charge is 0.448 e. The van der Waals surface area contributed by atoms with Crippen molar-refractivity contribution in [2.24, 2.45) is 11.7 Å². The Bertz CT molecular complexity index is 892. The lowest BCUT2D eigenvalue weighted by Crippen LogP contribution is -2.43. The summed E-state index contributed by atoms with van der Waals surface area (Å²) in [5.41, 5.74) is 5.79. The third kappa shape index (κ3) is 2.72. The van der Waals surface area contributed by atoms with Gasteiger partial charge in [0.25, 0.3) is 11.8 Å². The molecule has 2 aromatic rings. The van der Waals surface area contributed by atoms with Crippen LogP contribution in [-0.2, 0) is 4.79 Å². The van der Waals surface area contributed by atoms with Crippen molar-refractivity contribution in [2.75, 3.05) is 19.6 Å². The predicted octanol–water partition coefficient (Wildman–Crippen LogP) is 0.0985. The van der Waals surface area contributed by atoms with E-state index in [0.717, 1.165) is 26.1 Å². The number of carbonyl (C=O) groups is 2. The molecule has 0 radical (unpaired) electrons. The molecule has 2 aliphatic rings. The standard InChI is InChI=1S/C17H16N4O3/c18-16(22)2-1-12-5-11-7-19-13(6-15(11)24-12)17(23)20-14-9-21-4-3-10(14)8-21/h5-7,10,14H,3-4,8-9H2,(H2,18,22)(H,20,23)/t10-,14?/m0/s1. The number of carbonyl (C=O) groups excluding carboxylic acids is 2. The van der Waals surface area contributed by atoms with Gasteiger partial charge < -0.3 is 20.4 Å². The molecule has 3 atom stereocenters. The lowest BCUT2D eigenvalue weighted by atomic mass is 10.00. The molecule has 0 aromatic carbocycles. The first-order valence-electron chi connectivity index (χ1n) is 7.83. The number of hydrogen-bond acceptors (Lipinski definition) is 5. The molecule has 2 aromatic heterocycles. The first-order valence-corrected chi connectivity index (χ1v) is 7.83. The Morgan fingerprint density at radius 3 is 2.96 bits per heavy atom. The first-order chi connectivity index (χ1) is 11.6. The van der Waals surface area contributed by atoms with Crippen LogP contribution < -0.4 is 11.1 Å². The van der Waals surface area contributed by atoms with E-state index < -0.39 is 5.91 Å². The molecular formula is C17H16N4O3. The van der Waals surface area contributed by atoms with Gasteiger partial charge >= 0.3 is 0 Å². The molecular weight excluding hydrogens is 308 g/mol. The minimum absolute atomic E-state index is 0.192. The summed E-state index contributed by atoms with van der Waals surface area (Å²) in [6, 6.07) is 3.44. The number of furan rings is 1. The Morgan fingerprint density at radius 2 is 2.25 bits per heavy atom. The topological polar surface area (TPSA) is 101 Å². The van der Waals surface area contributed by atoms with Gasteiger partial charge in [0.1, 0.15) is 11.3 Å². The highest BCUT2D eigenvalue weighted by Gasteiger charge is 2.38. The normalized spacial score (nSPS) is 24.6. The molecule has 2 aliphatic heterocycles. The molecule has 122 valence electrons. The molecule has 4 heterocycles. The van der Waals surface area contributed by atoms with E-state index in [2.05, 4.69) is 27.0 Å². The highest BCUT2D eigenvalue weighted by molar-refractivity contribution is 5.96. The molecule has 3 N–H and O–H groups in total. The average Bonchev–Trinajstić information content (AvgIpc) is 3.26. The Hall–Kier alpha value is -2.85. The van der Waals surface area contributed by atoms with Crippen molar-refractivity contribution in [3.63, 3.8) is 0 Å². The maximum atomic E-state index is 12.4. The maximum Gasteiger partial charge on any atom is 0.293 e. The fraction of sp³-hybridized carbons (Fsp3) is 0.353. The zero-order chi connectivity index (χ0) is 16.7. The Balaban J connectivity index is 1.53. The smallest absolute Gasteiger partial charge is 0.293 e. The van der Waals surface area contributed by atoms with Crippen molar-refractivity contribution >= 4 is 22.8 Å². The van der Waals surface area contributed by atoms with Crippen molar-refractivity contribution in [1.82, 2.24) is 15.2 Å². The number of piperidine rings is 1. The van der Waals surface area contributed by atoms with Crippen molar-refractivity contribution in [2.45, 2.75) is 12.5 Å². The van der Waals surface area contributed by atoms with Crippen LogP contribution >= 0.6 is 0 Å². The van der Waals surface area contributed by atoms with Crippen molar-refractivity contribution in [3.05, 3.63) is 29.8 Å². The summed E-state index contributed by atoms with van der Waals surface area (Å²) in [6.45, 7) is 3.10. The fourth-order valence-corrected chi connectivity index (χ4v) is 3.43. The van der Waals surface area contributed by atoms with Gasteiger partial charge in [0.05, 0.1) is 0 Å². The van der Waals surface area contributed by atoms with Crippen LogP contribution in [0, 0.1) is 17.8 Å². The van der Waals surface area contributed by atoms with Gasteiger partial charge in [-0.1, -0.05) is 0 Å².